The van der Waals surface area contributed by atoms with E-state index < -0.39 is 0 Å². The molecule has 0 unspecified atom stereocenters. The highest BCUT2D eigenvalue weighted by molar-refractivity contribution is 8.00. The second-order valence-corrected chi connectivity index (χ2v) is 5.64. The van der Waals surface area contributed by atoms with Crippen LogP contribution in [-0.4, -0.2) is 21.3 Å². The highest BCUT2D eigenvalue weighted by Gasteiger charge is 2.06. The molecule has 2 rings (SSSR count). The summed E-state index contributed by atoms with van der Waals surface area (Å²) in [5.41, 5.74) is 2.33. The van der Waals surface area contributed by atoms with Gasteiger partial charge < -0.3 is 0 Å². The second-order valence-electron chi connectivity index (χ2n) is 4.59. The van der Waals surface area contributed by atoms with Crippen molar-refractivity contribution in [1.82, 2.24) is 9.78 Å². The van der Waals surface area contributed by atoms with Gasteiger partial charge in [0.05, 0.1) is 5.75 Å². The molecular weight excluding hydrogens is 256 g/mol. The monoisotopic (exact) mass is 274 g/mol. The summed E-state index contributed by atoms with van der Waals surface area (Å²) in [7, 11) is 1.90. The van der Waals surface area contributed by atoms with Gasteiger partial charge in [0, 0.05) is 30.3 Å². The fourth-order valence-corrected chi connectivity index (χ4v) is 2.77. The number of carbonyl (C=O) groups is 1. The van der Waals surface area contributed by atoms with E-state index in [0.29, 0.717) is 12.2 Å². The summed E-state index contributed by atoms with van der Waals surface area (Å²) in [4.78, 5) is 13.0. The molecule has 0 atom stereocenters. The summed E-state index contributed by atoms with van der Waals surface area (Å²) >= 11 is 1.61. The largest absolute Gasteiger partial charge is 0.299 e. The first kappa shape index (κ1) is 13.9. The van der Waals surface area contributed by atoms with E-state index in [0.717, 1.165) is 17.0 Å². The number of ketones is 1. The maximum Gasteiger partial charge on any atom is 0.143 e. The smallest absolute Gasteiger partial charge is 0.143 e. The van der Waals surface area contributed by atoms with E-state index in [9.17, 15) is 4.79 Å². The van der Waals surface area contributed by atoms with Gasteiger partial charge in [0.15, 0.2) is 0 Å². The van der Waals surface area contributed by atoms with E-state index in [2.05, 4.69) is 24.2 Å². The van der Waals surface area contributed by atoms with Crippen molar-refractivity contribution in [3.8, 4) is 0 Å². The minimum absolute atomic E-state index is 0.285. The Bertz CT molecular complexity index is 563. The van der Waals surface area contributed by atoms with Crippen molar-refractivity contribution in [2.24, 2.45) is 7.05 Å². The maximum absolute atomic E-state index is 11.9. The van der Waals surface area contributed by atoms with Crippen LogP contribution in [0.2, 0.25) is 0 Å². The Morgan fingerprint density at radius 1 is 1.37 bits per heavy atom. The lowest BCUT2D eigenvalue weighted by Gasteiger charge is -2.03. The van der Waals surface area contributed by atoms with Crippen molar-refractivity contribution in [2.45, 2.75) is 24.7 Å². The molecule has 0 amide bonds. The third kappa shape index (κ3) is 4.24. The van der Waals surface area contributed by atoms with Crippen LogP contribution in [0, 0.1) is 6.92 Å². The van der Waals surface area contributed by atoms with Gasteiger partial charge in [-0.25, -0.2) is 0 Å². The fourth-order valence-electron chi connectivity index (χ4n) is 1.86. The molecule has 0 aliphatic rings. The molecule has 0 radical (unpaired) electrons. The Labute approximate surface area is 118 Å². The van der Waals surface area contributed by atoms with E-state index >= 15 is 0 Å². The van der Waals surface area contributed by atoms with Crippen LogP contribution >= 0.6 is 11.8 Å². The minimum Gasteiger partial charge on any atom is -0.299 e. The number of hydrogen-bond donors (Lipinski definition) is 0. The summed E-state index contributed by atoms with van der Waals surface area (Å²) in [5, 5.41) is 4.10. The molecule has 19 heavy (non-hydrogen) atoms. The molecule has 1 aromatic carbocycles. The number of carbonyl (C=O) groups excluding carboxylic acids is 1. The molecule has 0 N–H and O–H groups in total. The molecule has 0 spiro atoms. The molecule has 0 aliphatic carbocycles. The lowest BCUT2D eigenvalue weighted by molar-refractivity contribution is -0.116. The summed E-state index contributed by atoms with van der Waals surface area (Å²) in [5.74, 6) is 0.828. The lowest BCUT2D eigenvalue weighted by Crippen LogP contribution is -2.06. The zero-order valence-corrected chi connectivity index (χ0v) is 12.1. The topological polar surface area (TPSA) is 34.9 Å². The number of Topliss-reactive ketones (excluding diaryl/α,β-unsaturated/α-hetero) is 1. The van der Waals surface area contributed by atoms with E-state index in [4.69, 9.17) is 0 Å². The first-order chi connectivity index (χ1) is 9.15. The zero-order valence-electron chi connectivity index (χ0n) is 11.3. The van der Waals surface area contributed by atoms with E-state index in [-0.39, 0.29) is 5.78 Å². The van der Waals surface area contributed by atoms with E-state index in [1.807, 2.05) is 29.9 Å². The first-order valence-corrected chi connectivity index (χ1v) is 7.32. The molecular formula is C15H18N2OS. The Balaban J connectivity index is 1.77. The second kappa shape index (κ2) is 6.57. The molecule has 2 aromatic rings. The molecule has 0 saturated carbocycles. The number of rotatable bonds is 6. The lowest BCUT2D eigenvalue weighted by atomic mass is 10.2. The SMILES string of the molecule is Cc1cccc(SCC(=O)CCc2ccnn2C)c1. The highest BCUT2D eigenvalue weighted by Crippen LogP contribution is 2.19. The fraction of sp³-hybridized carbons (Fsp3) is 0.333. The van der Waals surface area contributed by atoms with Crippen LogP contribution in [-0.2, 0) is 18.3 Å². The summed E-state index contributed by atoms with van der Waals surface area (Å²) < 4.78 is 1.82. The van der Waals surface area contributed by atoms with Crippen molar-refractivity contribution >= 4 is 17.5 Å². The van der Waals surface area contributed by atoms with Gasteiger partial charge in [-0.05, 0) is 31.5 Å². The summed E-state index contributed by atoms with van der Waals surface area (Å²) in [6.07, 6.45) is 3.11. The van der Waals surface area contributed by atoms with Gasteiger partial charge in [0.2, 0.25) is 0 Å². The van der Waals surface area contributed by atoms with Crippen molar-refractivity contribution < 1.29 is 4.79 Å². The molecule has 0 fully saturated rings. The van der Waals surface area contributed by atoms with Crippen LogP contribution in [0.1, 0.15) is 17.7 Å². The Morgan fingerprint density at radius 3 is 2.89 bits per heavy atom. The van der Waals surface area contributed by atoms with E-state index in [1.54, 1.807) is 18.0 Å². The third-order valence-corrected chi connectivity index (χ3v) is 4.03. The van der Waals surface area contributed by atoms with Gasteiger partial charge in [-0.15, -0.1) is 11.8 Å². The number of hydrogen-bond acceptors (Lipinski definition) is 3. The summed E-state index contributed by atoms with van der Waals surface area (Å²) in [6.45, 7) is 2.06. The van der Waals surface area contributed by atoms with Crippen LogP contribution in [0.5, 0.6) is 0 Å². The molecule has 100 valence electrons. The number of thioether (sulfide) groups is 1. The van der Waals surface area contributed by atoms with Crippen molar-refractivity contribution in [2.75, 3.05) is 5.75 Å². The summed E-state index contributed by atoms with van der Waals surface area (Å²) in [6, 6.07) is 10.2. The number of nitrogens with zero attached hydrogens (tertiary/aromatic N) is 2. The predicted octanol–water partition coefficient (Wildman–Crippen LogP) is 3.02. The molecule has 0 bridgehead atoms. The first-order valence-electron chi connectivity index (χ1n) is 6.33. The molecule has 0 aliphatic heterocycles. The van der Waals surface area contributed by atoms with Crippen LogP contribution in [0.25, 0.3) is 0 Å². The number of benzene rings is 1. The van der Waals surface area contributed by atoms with Crippen LogP contribution < -0.4 is 0 Å². The minimum atomic E-state index is 0.285. The van der Waals surface area contributed by atoms with Gasteiger partial charge in [-0.3, -0.25) is 9.48 Å². The average molecular weight is 274 g/mol. The molecule has 1 aromatic heterocycles. The Hall–Kier alpha value is -1.55. The van der Waals surface area contributed by atoms with Gasteiger partial charge in [-0.2, -0.15) is 5.10 Å². The molecule has 1 heterocycles. The Morgan fingerprint density at radius 2 is 2.21 bits per heavy atom. The van der Waals surface area contributed by atoms with Crippen LogP contribution in [0.3, 0.4) is 0 Å². The van der Waals surface area contributed by atoms with Crippen LogP contribution in [0.4, 0.5) is 0 Å². The average Bonchev–Trinajstić information content (AvgIpc) is 2.80. The highest BCUT2D eigenvalue weighted by atomic mass is 32.2. The van der Waals surface area contributed by atoms with Gasteiger partial charge in [0.25, 0.3) is 0 Å². The number of aryl methyl sites for hydroxylation is 3. The maximum atomic E-state index is 11.9. The van der Waals surface area contributed by atoms with Crippen molar-refractivity contribution in [3.05, 3.63) is 47.8 Å². The normalized spacial score (nSPS) is 10.6. The standard InChI is InChI=1S/C15H18N2OS/c1-12-4-3-5-15(10-12)19-11-14(18)7-6-13-8-9-16-17(13)2/h3-5,8-10H,6-7,11H2,1-2H3. The molecule has 3 nitrogen and oxygen atoms in total. The predicted molar refractivity (Wildman–Crippen MR) is 78.4 cm³/mol. The molecule has 0 saturated heterocycles. The van der Waals surface area contributed by atoms with Gasteiger partial charge >= 0.3 is 0 Å². The van der Waals surface area contributed by atoms with Crippen molar-refractivity contribution in [3.63, 3.8) is 0 Å². The number of aromatic nitrogens is 2. The quantitative estimate of drug-likeness (QED) is 0.759. The van der Waals surface area contributed by atoms with E-state index in [1.165, 1.54) is 5.56 Å². The molecule has 4 heteroatoms. The van der Waals surface area contributed by atoms with Gasteiger partial charge in [-0.1, -0.05) is 17.7 Å². The van der Waals surface area contributed by atoms with Crippen LogP contribution in [0.15, 0.2) is 41.4 Å². The zero-order chi connectivity index (χ0) is 13.7. The Kier molecular flexibility index (Phi) is 4.80. The van der Waals surface area contributed by atoms with Crippen molar-refractivity contribution in [1.29, 1.82) is 0 Å². The third-order valence-electron chi connectivity index (χ3n) is 2.97. The van der Waals surface area contributed by atoms with Gasteiger partial charge in [0.1, 0.15) is 5.78 Å².